The van der Waals surface area contributed by atoms with Crippen LogP contribution in [0.2, 0.25) is 0 Å². The molecule has 3 heteroatoms. The quantitative estimate of drug-likeness (QED) is 0.552. The summed E-state index contributed by atoms with van der Waals surface area (Å²) in [6.07, 6.45) is 2.39. The van der Waals surface area contributed by atoms with Gasteiger partial charge in [-0.25, -0.2) is 0 Å². The minimum Gasteiger partial charge on any atom is -0.394 e. The summed E-state index contributed by atoms with van der Waals surface area (Å²) in [4.78, 5) is 2.40. The number of aliphatic hydroxyl groups is 1. The van der Waals surface area contributed by atoms with Crippen LogP contribution in [0.4, 0.5) is 0 Å². The molecule has 13 heavy (non-hydrogen) atoms. The normalized spacial score (nSPS) is 11.1. The highest BCUT2D eigenvalue weighted by molar-refractivity contribution is 4.54. The van der Waals surface area contributed by atoms with Crippen molar-refractivity contribution in [1.29, 1.82) is 0 Å². The Morgan fingerprint density at radius 3 is 2.08 bits per heavy atom. The van der Waals surface area contributed by atoms with Gasteiger partial charge in [0.1, 0.15) is 0 Å². The third kappa shape index (κ3) is 8.22. The van der Waals surface area contributed by atoms with Gasteiger partial charge in [-0.15, -0.1) is 0 Å². The van der Waals surface area contributed by atoms with Crippen molar-refractivity contribution in [2.75, 3.05) is 39.5 Å². The van der Waals surface area contributed by atoms with Crippen LogP contribution in [0.25, 0.3) is 0 Å². The van der Waals surface area contributed by atoms with Gasteiger partial charge in [-0.05, 0) is 25.9 Å². The molecule has 0 aliphatic carbocycles. The van der Waals surface area contributed by atoms with Gasteiger partial charge in [0.05, 0.1) is 19.8 Å². The third-order valence-corrected chi connectivity index (χ3v) is 1.87. The topological polar surface area (TPSA) is 32.7 Å². The van der Waals surface area contributed by atoms with Gasteiger partial charge in [0.15, 0.2) is 0 Å². The Morgan fingerprint density at radius 2 is 1.62 bits per heavy atom. The summed E-state index contributed by atoms with van der Waals surface area (Å²) >= 11 is 0. The molecule has 0 unspecified atom stereocenters. The van der Waals surface area contributed by atoms with Gasteiger partial charge in [0, 0.05) is 6.54 Å². The summed E-state index contributed by atoms with van der Waals surface area (Å²) in [7, 11) is 0. The Balaban J connectivity index is 3.33. The first-order chi connectivity index (χ1) is 6.35. The molecule has 0 aliphatic heterocycles. The molecule has 0 heterocycles. The second-order valence-corrected chi connectivity index (χ2v) is 3.18. The van der Waals surface area contributed by atoms with Crippen molar-refractivity contribution in [3.8, 4) is 0 Å². The fourth-order valence-electron chi connectivity index (χ4n) is 1.33. The maximum Gasteiger partial charge on any atom is 0.0698 e. The standard InChI is InChI=1S/C10H23NO2/c1-3-5-11(6-4-2)7-9-13-10-8-12/h12H,3-10H2,1-2H3. The molecule has 1 N–H and O–H groups in total. The number of nitrogens with zero attached hydrogens (tertiary/aromatic N) is 1. The van der Waals surface area contributed by atoms with Crippen LogP contribution in [-0.2, 0) is 4.74 Å². The molecule has 0 radical (unpaired) electrons. The first-order valence-electron chi connectivity index (χ1n) is 5.26. The summed E-state index contributed by atoms with van der Waals surface area (Å²) in [5.41, 5.74) is 0. The van der Waals surface area contributed by atoms with Crippen LogP contribution in [-0.4, -0.2) is 49.5 Å². The van der Waals surface area contributed by atoms with Gasteiger partial charge in [-0.2, -0.15) is 0 Å². The highest BCUT2D eigenvalue weighted by atomic mass is 16.5. The molecule has 0 amide bonds. The zero-order chi connectivity index (χ0) is 9.94. The predicted octanol–water partition coefficient (Wildman–Crippen LogP) is 1.12. The fraction of sp³-hybridized carbons (Fsp3) is 1.00. The first-order valence-corrected chi connectivity index (χ1v) is 5.26. The molecule has 3 nitrogen and oxygen atoms in total. The Bertz CT molecular complexity index is 92.9. The second-order valence-electron chi connectivity index (χ2n) is 3.18. The molecule has 0 bridgehead atoms. The molecule has 0 aromatic heterocycles. The van der Waals surface area contributed by atoms with Crippen molar-refractivity contribution in [3.05, 3.63) is 0 Å². The van der Waals surface area contributed by atoms with Gasteiger partial charge in [0.25, 0.3) is 0 Å². The zero-order valence-corrected chi connectivity index (χ0v) is 8.96. The molecular weight excluding hydrogens is 166 g/mol. The van der Waals surface area contributed by atoms with Gasteiger partial charge < -0.3 is 14.7 Å². The highest BCUT2D eigenvalue weighted by Gasteiger charge is 2.00. The number of rotatable bonds is 9. The number of ether oxygens (including phenoxy) is 1. The molecule has 0 aliphatic rings. The molecule has 0 rings (SSSR count). The SMILES string of the molecule is CCCN(CCC)CCOCCO. The first kappa shape index (κ1) is 12.9. The minimum atomic E-state index is 0.127. The van der Waals surface area contributed by atoms with Gasteiger partial charge in [-0.3, -0.25) is 0 Å². The number of hydrogen-bond acceptors (Lipinski definition) is 3. The lowest BCUT2D eigenvalue weighted by molar-refractivity contribution is 0.0736. The molecule has 0 aromatic rings. The summed E-state index contributed by atoms with van der Waals surface area (Å²) in [5.74, 6) is 0. The average Bonchev–Trinajstić information content (AvgIpc) is 2.13. The third-order valence-electron chi connectivity index (χ3n) is 1.87. The van der Waals surface area contributed by atoms with Gasteiger partial charge in [0.2, 0.25) is 0 Å². The second kappa shape index (κ2) is 9.96. The van der Waals surface area contributed by atoms with Crippen LogP contribution in [0, 0.1) is 0 Å². The molecule has 0 atom stereocenters. The number of aliphatic hydroxyl groups excluding tert-OH is 1. The lowest BCUT2D eigenvalue weighted by Crippen LogP contribution is -2.29. The van der Waals surface area contributed by atoms with Gasteiger partial charge in [-0.1, -0.05) is 13.8 Å². The molecule has 0 spiro atoms. The molecule has 0 aromatic carbocycles. The van der Waals surface area contributed by atoms with Crippen molar-refractivity contribution in [2.45, 2.75) is 26.7 Å². The van der Waals surface area contributed by atoms with Crippen molar-refractivity contribution in [2.24, 2.45) is 0 Å². The predicted molar refractivity (Wildman–Crippen MR) is 54.9 cm³/mol. The molecule has 0 saturated heterocycles. The maximum absolute atomic E-state index is 8.50. The lowest BCUT2D eigenvalue weighted by atomic mass is 10.3. The Labute approximate surface area is 81.7 Å². The molecule has 0 saturated carbocycles. The molecule has 80 valence electrons. The van der Waals surface area contributed by atoms with E-state index in [4.69, 9.17) is 9.84 Å². The summed E-state index contributed by atoms with van der Waals surface area (Å²) in [5, 5.41) is 8.50. The number of hydrogen-bond donors (Lipinski definition) is 1. The van der Waals surface area contributed by atoms with Crippen LogP contribution in [0.15, 0.2) is 0 Å². The van der Waals surface area contributed by atoms with E-state index in [0.717, 1.165) is 26.2 Å². The molecule has 0 fully saturated rings. The van der Waals surface area contributed by atoms with E-state index in [1.165, 1.54) is 12.8 Å². The van der Waals surface area contributed by atoms with Crippen LogP contribution in [0.1, 0.15) is 26.7 Å². The Morgan fingerprint density at radius 1 is 1.00 bits per heavy atom. The van der Waals surface area contributed by atoms with E-state index in [1.54, 1.807) is 0 Å². The van der Waals surface area contributed by atoms with E-state index in [0.29, 0.717) is 6.61 Å². The van der Waals surface area contributed by atoms with Crippen LogP contribution >= 0.6 is 0 Å². The van der Waals surface area contributed by atoms with Crippen LogP contribution < -0.4 is 0 Å². The summed E-state index contributed by atoms with van der Waals surface area (Å²) < 4.78 is 5.21. The largest absolute Gasteiger partial charge is 0.394 e. The minimum absolute atomic E-state index is 0.127. The van der Waals surface area contributed by atoms with E-state index in [-0.39, 0.29) is 6.61 Å². The van der Waals surface area contributed by atoms with E-state index >= 15 is 0 Å². The van der Waals surface area contributed by atoms with Crippen molar-refractivity contribution in [1.82, 2.24) is 4.90 Å². The Kier molecular flexibility index (Phi) is 9.87. The summed E-state index contributed by atoms with van der Waals surface area (Å²) in [6.45, 7) is 9.00. The van der Waals surface area contributed by atoms with E-state index < -0.39 is 0 Å². The Hall–Kier alpha value is -0.120. The monoisotopic (exact) mass is 189 g/mol. The average molecular weight is 189 g/mol. The van der Waals surface area contributed by atoms with E-state index in [1.807, 2.05) is 0 Å². The fourth-order valence-corrected chi connectivity index (χ4v) is 1.33. The smallest absolute Gasteiger partial charge is 0.0698 e. The van der Waals surface area contributed by atoms with Crippen molar-refractivity contribution >= 4 is 0 Å². The zero-order valence-electron chi connectivity index (χ0n) is 8.96. The van der Waals surface area contributed by atoms with Crippen LogP contribution in [0.3, 0.4) is 0 Å². The summed E-state index contributed by atoms with van der Waals surface area (Å²) in [6, 6.07) is 0. The maximum atomic E-state index is 8.50. The van der Waals surface area contributed by atoms with Crippen molar-refractivity contribution < 1.29 is 9.84 Å². The van der Waals surface area contributed by atoms with E-state index in [2.05, 4.69) is 18.7 Å². The van der Waals surface area contributed by atoms with E-state index in [9.17, 15) is 0 Å². The highest BCUT2D eigenvalue weighted by Crippen LogP contribution is 1.93. The van der Waals surface area contributed by atoms with Crippen molar-refractivity contribution in [3.63, 3.8) is 0 Å². The van der Waals surface area contributed by atoms with Gasteiger partial charge >= 0.3 is 0 Å². The van der Waals surface area contributed by atoms with Crippen LogP contribution in [0.5, 0.6) is 0 Å². The molecular formula is C10H23NO2. The lowest BCUT2D eigenvalue weighted by Gasteiger charge is -2.20.